The molecule has 2 fully saturated rings. The highest BCUT2D eigenvalue weighted by molar-refractivity contribution is 8.01. The molecule has 0 radical (unpaired) electrons. The average Bonchev–Trinajstić information content (AvgIpc) is 3.05. The molecule has 5 nitrogen and oxygen atoms in total. The van der Waals surface area contributed by atoms with Gasteiger partial charge in [0.15, 0.2) is 0 Å². The minimum Gasteiger partial charge on any atom is -0.473 e. The van der Waals surface area contributed by atoms with Gasteiger partial charge in [-0.15, -0.1) is 11.8 Å². The first-order chi connectivity index (χ1) is 12.2. The van der Waals surface area contributed by atoms with Crippen molar-refractivity contribution < 1.29 is 9.53 Å². The maximum absolute atomic E-state index is 12.6. The minimum atomic E-state index is -0.00239. The minimum absolute atomic E-state index is 0.00239. The van der Waals surface area contributed by atoms with Gasteiger partial charge in [-0.25, -0.2) is 4.98 Å². The summed E-state index contributed by atoms with van der Waals surface area (Å²) in [5, 5.41) is 8.97. The van der Waals surface area contributed by atoms with Crippen LogP contribution in [0.3, 0.4) is 0 Å². The van der Waals surface area contributed by atoms with Crippen molar-refractivity contribution in [1.29, 1.82) is 5.26 Å². The zero-order chi connectivity index (χ0) is 17.3. The monoisotopic (exact) mass is 351 g/mol. The molecule has 1 aromatic carbocycles. The highest BCUT2D eigenvalue weighted by Crippen LogP contribution is 2.46. The number of likely N-dealkylation sites (tertiary alicyclic amines) is 1. The van der Waals surface area contributed by atoms with Gasteiger partial charge in [0.25, 0.3) is 5.91 Å². The number of amides is 1. The van der Waals surface area contributed by atoms with E-state index in [2.05, 4.69) is 11.1 Å². The number of thioether (sulfide) groups is 1. The molecule has 6 heteroatoms. The van der Waals surface area contributed by atoms with Crippen molar-refractivity contribution >= 4 is 17.7 Å². The van der Waals surface area contributed by atoms with Gasteiger partial charge < -0.3 is 9.64 Å². The van der Waals surface area contributed by atoms with Crippen molar-refractivity contribution in [3.63, 3.8) is 0 Å². The van der Waals surface area contributed by atoms with Gasteiger partial charge in [0.2, 0.25) is 5.88 Å². The number of rotatable bonds is 3. The standard InChI is InChI=1S/C19H17N3O2S/c20-10-14-4-3-5-15(8-14)18(23)22-12-19(13-22)9-16(11-25-19)24-17-6-1-2-7-21-17/h1-8,16H,9,11-13H2/t16-/m1/s1. The Morgan fingerprint density at radius 1 is 1.32 bits per heavy atom. The Morgan fingerprint density at radius 3 is 2.96 bits per heavy atom. The molecule has 1 aromatic heterocycles. The molecular weight excluding hydrogens is 334 g/mol. The van der Waals surface area contributed by atoms with Crippen molar-refractivity contribution in [2.75, 3.05) is 18.8 Å². The third-order valence-electron chi connectivity index (χ3n) is 4.58. The first kappa shape index (κ1) is 16.0. The van der Waals surface area contributed by atoms with E-state index >= 15 is 0 Å². The molecule has 2 aromatic rings. The van der Waals surface area contributed by atoms with Crippen LogP contribution >= 0.6 is 11.8 Å². The highest BCUT2D eigenvalue weighted by atomic mass is 32.2. The number of ether oxygens (including phenoxy) is 1. The first-order valence-corrected chi connectivity index (χ1v) is 9.17. The summed E-state index contributed by atoms with van der Waals surface area (Å²) in [6, 6.07) is 14.6. The van der Waals surface area contributed by atoms with Gasteiger partial charge >= 0.3 is 0 Å². The highest BCUT2D eigenvalue weighted by Gasteiger charge is 2.51. The molecule has 3 heterocycles. The Hall–Kier alpha value is -2.52. The summed E-state index contributed by atoms with van der Waals surface area (Å²) < 4.78 is 6.04. The zero-order valence-electron chi connectivity index (χ0n) is 13.6. The summed E-state index contributed by atoms with van der Waals surface area (Å²) in [6.07, 6.45) is 2.79. The number of carbonyl (C=O) groups is 1. The van der Waals surface area contributed by atoms with E-state index in [1.807, 2.05) is 34.9 Å². The predicted octanol–water partition coefficient (Wildman–Crippen LogP) is 2.73. The number of nitrogens with zero attached hydrogens (tertiary/aromatic N) is 3. The second-order valence-electron chi connectivity index (χ2n) is 6.46. The van der Waals surface area contributed by atoms with Crippen LogP contribution in [0.5, 0.6) is 5.88 Å². The van der Waals surface area contributed by atoms with Crippen molar-refractivity contribution in [2.24, 2.45) is 0 Å². The lowest BCUT2D eigenvalue weighted by Crippen LogP contribution is -2.60. The van der Waals surface area contributed by atoms with Crippen LogP contribution in [0.15, 0.2) is 48.7 Å². The molecule has 0 N–H and O–H groups in total. The molecular formula is C19H17N3O2S. The summed E-state index contributed by atoms with van der Waals surface area (Å²) in [7, 11) is 0. The Kier molecular flexibility index (Phi) is 4.10. The van der Waals surface area contributed by atoms with Crippen LogP contribution < -0.4 is 4.74 Å². The first-order valence-electron chi connectivity index (χ1n) is 8.19. The van der Waals surface area contributed by atoms with E-state index in [9.17, 15) is 4.79 Å². The van der Waals surface area contributed by atoms with Gasteiger partial charge in [0.1, 0.15) is 6.10 Å². The molecule has 0 unspecified atom stereocenters. The fourth-order valence-electron chi connectivity index (χ4n) is 3.38. The molecule has 4 rings (SSSR count). The second-order valence-corrected chi connectivity index (χ2v) is 7.95. The van der Waals surface area contributed by atoms with Crippen molar-refractivity contribution in [1.82, 2.24) is 9.88 Å². The molecule has 1 spiro atoms. The molecule has 2 aliphatic heterocycles. The van der Waals surface area contributed by atoms with E-state index in [1.165, 1.54) is 0 Å². The normalized spacial score (nSPS) is 20.8. The van der Waals surface area contributed by atoms with E-state index in [0.717, 1.165) is 25.3 Å². The number of aromatic nitrogens is 1. The summed E-state index contributed by atoms with van der Waals surface area (Å²) >= 11 is 1.88. The van der Waals surface area contributed by atoms with Crippen molar-refractivity contribution in [3.05, 3.63) is 59.8 Å². The SMILES string of the molecule is N#Cc1cccc(C(=O)N2CC3(C[C@@H](Oc4ccccn4)CS3)C2)c1. The summed E-state index contributed by atoms with van der Waals surface area (Å²) in [5.74, 6) is 1.57. The number of benzene rings is 1. The number of hydrogen-bond donors (Lipinski definition) is 0. The number of nitriles is 1. The van der Waals surface area contributed by atoms with Crippen LogP contribution in [-0.4, -0.2) is 45.5 Å². The predicted molar refractivity (Wildman–Crippen MR) is 95.5 cm³/mol. The molecule has 1 amide bonds. The molecule has 25 heavy (non-hydrogen) atoms. The van der Waals surface area contributed by atoms with Crippen LogP contribution in [0.1, 0.15) is 22.3 Å². The fourth-order valence-corrected chi connectivity index (χ4v) is 4.91. The quantitative estimate of drug-likeness (QED) is 0.851. The van der Waals surface area contributed by atoms with Gasteiger partial charge in [0, 0.05) is 43.1 Å². The van der Waals surface area contributed by atoms with Gasteiger partial charge in [-0.2, -0.15) is 5.26 Å². The maximum Gasteiger partial charge on any atom is 0.253 e. The van der Waals surface area contributed by atoms with Crippen LogP contribution in [-0.2, 0) is 0 Å². The fraction of sp³-hybridized carbons (Fsp3) is 0.316. The lowest BCUT2D eigenvalue weighted by molar-refractivity contribution is 0.0516. The zero-order valence-corrected chi connectivity index (χ0v) is 14.4. The van der Waals surface area contributed by atoms with E-state index in [1.54, 1.807) is 30.5 Å². The molecule has 2 saturated heterocycles. The van der Waals surface area contributed by atoms with E-state index < -0.39 is 0 Å². The number of carbonyl (C=O) groups excluding carboxylic acids is 1. The van der Waals surface area contributed by atoms with Gasteiger partial charge in [-0.3, -0.25) is 4.79 Å². The molecule has 1 atom stereocenters. The molecule has 0 bridgehead atoms. The molecule has 0 saturated carbocycles. The van der Waals surface area contributed by atoms with Crippen LogP contribution in [0.2, 0.25) is 0 Å². The van der Waals surface area contributed by atoms with Crippen molar-refractivity contribution in [3.8, 4) is 11.9 Å². The summed E-state index contributed by atoms with van der Waals surface area (Å²) in [5.41, 5.74) is 1.10. The van der Waals surface area contributed by atoms with Gasteiger partial charge in [0.05, 0.1) is 16.4 Å². The van der Waals surface area contributed by atoms with Crippen LogP contribution in [0, 0.1) is 11.3 Å². The number of hydrogen-bond acceptors (Lipinski definition) is 5. The second kappa shape index (κ2) is 6.41. The smallest absolute Gasteiger partial charge is 0.253 e. The molecule has 0 aliphatic carbocycles. The van der Waals surface area contributed by atoms with Crippen molar-refractivity contribution in [2.45, 2.75) is 17.3 Å². The Balaban J connectivity index is 1.35. The van der Waals surface area contributed by atoms with Crippen LogP contribution in [0.4, 0.5) is 0 Å². The maximum atomic E-state index is 12.6. The van der Waals surface area contributed by atoms with E-state index in [4.69, 9.17) is 10.00 Å². The Morgan fingerprint density at radius 2 is 2.20 bits per heavy atom. The average molecular weight is 351 g/mol. The Labute approximate surface area is 150 Å². The summed E-state index contributed by atoms with van der Waals surface area (Å²) in [4.78, 5) is 18.6. The van der Waals surface area contributed by atoms with Gasteiger partial charge in [-0.1, -0.05) is 12.1 Å². The largest absolute Gasteiger partial charge is 0.473 e. The third-order valence-corrected chi connectivity index (χ3v) is 6.16. The molecule has 2 aliphatic rings. The van der Waals surface area contributed by atoms with E-state index in [0.29, 0.717) is 17.0 Å². The molecule has 126 valence electrons. The number of pyridine rings is 1. The van der Waals surface area contributed by atoms with Gasteiger partial charge in [-0.05, 0) is 24.3 Å². The van der Waals surface area contributed by atoms with E-state index in [-0.39, 0.29) is 16.8 Å². The third kappa shape index (κ3) is 3.20. The lowest BCUT2D eigenvalue weighted by atomic mass is 9.92. The lowest BCUT2D eigenvalue weighted by Gasteiger charge is -2.47. The topological polar surface area (TPSA) is 66.2 Å². The Bertz CT molecular complexity index is 828. The van der Waals surface area contributed by atoms with Crippen LogP contribution in [0.25, 0.3) is 0 Å². The summed E-state index contributed by atoms with van der Waals surface area (Å²) in [6.45, 7) is 1.46.